The molecule has 58 valence electrons. The molecule has 0 aromatic rings. The largest absolute Gasteiger partial charge is 0.377 e. The lowest BCUT2D eigenvalue weighted by molar-refractivity contribution is -0.146. The molecule has 1 spiro atoms. The summed E-state index contributed by atoms with van der Waals surface area (Å²) < 4.78 is 10.6. The van der Waals surface area contributed by atoms with Crippen LogP contribution in [0.25, 0.3) is 0 Å². The predicted octanol–water partition coefficient (Wildman–Crippen LogP) is -0.236. The van der Waals surface area contributed by atoms with Crippen LogP contribution in [0.3, 0.4) is 0 Å². The van der Waals surface area contributed by atoms with Crippen molar-refractivity contribution in [3.05, 3.63) is 0 Å². The Bertz CT molecular complexity index is 124. The summed E-state index contributed by atoms with van der Waals surface area (Å²) in [6, 6.07) is 0. The average molecular weight is 143 g/mol. The molecule has 0 radical (unpaired) electrons. The van der Waals surface area contributed by atoms with Gasteiger partial charge in [-0.15, -0.1) is 0 Å². The van der Waals surface area contributed by atoms with Crippen LogP contribution in [0.2, 0.25) is 0 Å². The van der Waals surface area contributed by atoms with Gasteiger partial charge in [0.25, 0.3) is 0 Å². The van der Waals surface area contributed by atoms with Crippen LogP contribution in [0.4, 0.5) is 0 Å². The van der Waals surface area contributed by atoms with Crippen LogP contribution in [0.5, 0.6) is 0 Å². The summed E-state index contributed by atoms with van der Waals surface area (Å²) in [5.41, 5.74) is 0.187. The Morgan fingerprint density at radius 2 is 2.20 bits per heavy atom. The van der Waals surface area contributed by atoms with Crippen molar-refractivity contribution in [2.45, 2.75) is 18.6 Å². The number of morpholine rings is 1. The third-order valence-electron chi connectivity index (χ3n) is 2.17. The van der Waals surface area contributed by atoms with Gasteiger partial charge >= 0.3 is 0 Å². The van der Waals surface area contributed by atoms with E-state index in [2.05, 4.69) is 12.2 Å². The molecule has 0 bridgehead atoms. The second-order valence-electron chi connectivity index (χ2n) is 3.28. The summed E-state index contributed by atoms with van der Waals surface area (Å²) in [5, 5.41) is 3.43. The van der Waals surface area contributed by atoms with E-state index < -0.39 is 0 Å². The van der Waals surface area contributed by atoms with Crippen molar-refractivity contribution in [1.29, 1.82) is 0 Å². The first-order valence-corrected chi connectivity index (χ1v) is 3.75. The SMILES string of the molecule is CC1CNC2(COC2)CO1. The zero-order valence-electron chi connectivity index (χ0n) is 6.22. The molecule has 0 aliphatic carbocycles. The van der Waals surface area contributed by atoms with Crippen molar-refractivity contribution < 1.29 is 9.47 Å². The van der Waals surface area contributed by atoms with Gasteiger partial charge in [0.05, 0.1) is 31.5 Å². The van der Waals surface area contributed by atoms with Gasteiger partial charge in [-0.05, 0) is 6.92 Å². The van der Waals surface area contributed by atoms with E-state index in [4.69, 9.17) is 9.47 Å². The molecule has 2 saturated heterocycles. The molecule has 3 nitrogen and oxygen atoms in total. The van der Waals surface area contributed by atoms with Gasteiger partial charge in [-0.3, -0.25) is 0 Å². The minimum Gasteiger partial charge on any atom is -0.377 e. The Balaban J connectivity index is 1.90. The molecule has 1 unspecified atom stereocenters. The van der Waals surface area contributed by atoms with Crippen molar-refractivity contribution in [3.63, 3.8) is 0 Å². The molecular formula is C7H13NO2. The van der Waals surface area contributed by atoms with Crippen LogP contribution >= 0.6 is 0 Å². The quantitative estimate of drug-likeness (QED) is 0.508. The first kappa shape index (κ1) is 6.58. The van der Waals surface area contributed by atoms with Gasteiger partial charge < -0.3 is 14.8 Å². The van der Waals surface area contributed by atoms with E-state index >= 15 is 0 Å². The molecule has 10 heavy (non-hydrogen) atoms. The average Bonchev–Trinajstić information content (AvgIpc) is 1.86. The Hall–Kier alpha value is -0.120. The minimum atomic E-state index is 0.187. The molecular weight excluding hydrogens is 130 g/mol. The smallest absolute Gasteiger partial charge is 0.0890 e. The summed E-state index contributed by atoms with van der Waals surface area (Å²) in [6.45, 7) is 5.50. The predicted molar refractivity (Wildman–Crippen MR) is 37.0 cm³/mol. The van der Waals surface area contributed by atoms with E-state index in [0.717, 1.165) is 26.4 Å². The Morgan fingerprint density at radius 3 is 2.60 bits per heavy atom. The van der Waals surface area contributed by atoms with E-state index in [-0.39, 0.29) is 5.54 Å². The lowest BCUT2D eigenvalue weighted by Gasteiger charge is -2.46. The minimum absolute atomic E-state index is 0.187. The summed E-state index contributed by atoms with van der Waals surface area (Å²) in [5.74, 6) is 0. The Kier molecular flexibility index (Phi) is 1.44. The fraction of sp³-hybridized carbons (Fsp3) is 1.00. The summed E-state index contributed by atoms with van der Waals surface area (Å²) in [4.78, 5) is 0. The zero-order chi connectivity index (χ0) is 7.03. The van der Waals surface area contributed by atoms with Crippen LogP contribution in [0.15, 0.2) is 0 Å². The molecule has 2 fully saturated rings. The van der Waals surface area contributed by atoms with Crippen LogP contribution in [0, 0.1) is 0 Å². The number of nitrogens with one attached hydrogen (secondary N) is 1. The third kappa shape index (κ3) is 0.944. The van der Waals surface area contributed by atoms with Crippen molar-refractivity contribution >= 4 is 0 Å². The van der Waals surface area contributed by atoms with Crippen molar-refractivity contribution in [2.75, 3.05) is 26.4 Å². The maximum Gasteiger partial charge on any atom is 0.0890 e. The van der Waals surface area contributed by atoms with Gasteiger partial charge in [-0.2, -0.15) is 0 Å². The van der Waals surface area contributed by atoms with Gasteiger partial charge in [0.2, 0.25) is 0 Å². The highest BCUT2D eigenvalue weighted by Crippen LogP contribution is 2.20. The summed E-state index contributed by atoms with van der Waals surface area (Å²) in [6.07, 6.45) is 0.367. The van der Waals surface area contributed by atoms with Crippen molar-refractivity contribution in [1.82, 2.24) is 5.32 Å². The first-order chi connectivity index (χ1) is 4.81. The molecule has 0 aromatic heterocycles. The maximum absolute atomic E-state index is 5.49. The lowest BCUT2D eigenvalue weighted by atomic mass is 9.97. The van der Waals surface area contributed by atoms with Crippen molar-refractivity contribution in [3.8, 4) is 0 Å². The molecule has 0 aromatic carbocycles. The van der Waals surface area contributed by atoms with Gasteiger partial charge in [-0.1, -0.05) is 0 Å². The van der Waals surface area contributed by atoms with Gasteiger partial charge in [0, 0.05) is 6.54 Å². The fourth-order valence-electron chi connectivity index (χ4n) is 1.31. The van der Waals surface area contributed by atoms with Crippen molar-refractivity contribution in [2.24, 2.45) is 0 Å². The van der Waals surface area contributed by atoms with Gasteiger partial charge in [-0.25, -0.2) is 0 Å². The number of hydrogen-bond donors (Lipinski definition) is 1. The second-order valence-corrected chi connectivity index (χ2v) is 3.28. The summed E-state index contributed by atoms with van der Waals surface area (Å²) >= 11 is 0. The molecule has 1 atom stereocenters. The van der Waals surface area contributed by atoms with Crippen LogP contribution < -0.4 is 5.32 Å². The van der Waals surface area contributed by atoms with E-state index in [1.54, 1.807) is 0 Å². The van der Waals surface area contributed by atoms with Gasteiger partial charge in [0.1, 0.15) is 0 Å². The van der Waals surface area contributed by atoms with Crippen LogP contribution in [-0.2, 0) is 9.47 Å². The van der Waals surface area contributed by atoms with Crippen LogP contribution in [-0.4, -0.2) is 38.0 Å². The Labute approximate surface area is 60.7 Å². The molecule has 2 aliphatic heterocycles. The first-order valence-electron chi connectivity index (χ1n) is 3.75. The molecule has 0 saturated carbocycles. The highest BCUT2D eigenvalue weighted by molar-refractivity contribution is 4.97. The molecule has 2 rings (SSSR count). The monoisotopic (exact) mass is 143 g/mol. The highest BCUT2D eigenvalue weighted by Gasteiger charge is 2.41. The second kappa shape index (κ2) is 2.19. The number of ether oxygens (including phenoxy) is 2. The zero-order valence-corrected chi connectivity index (χ0v) is 6.22. The summed E-state index contributed by atoms with van der Waals surface area (Å²) in [7, 11) is 0. The topological polar surface area (TPSA) is 30.5 Å². The van der Waals surface area contributed by atoms with Crippen LogP contribution in [0.1, 0.15) is 6.92 Å². The molecule has 0 amide bonds. The standard InChI is InChI=1S/C7H13NO2/c1-6-2-8-7(5-10-6)3-9-4-7/h6,8H,2-5H2,1H3. The third-order valence-corrected chi connectivity index (χ3v) is 2.17. The van der Waals surface area contributed by atoms with E-state index in [1.807, 2.05) is 0 Å². The maximum atomic E-state index is 5.49. The van der Waals surface area contributed by atoms with E-state index in [0.29, 0.717) is 6.10 Å². The lowest BCUT2D eigenvalue weighted by Crippen LogP contribution is -2.67. The van der Waals surface area contributed by atoms with E-state index in [9.17, 15) is 0 Å². The normalized spacial score (nSPS) is 37.5. The van der Waals surface area contributed by atoms with E-state index in [1.165, 1.54) is 0 Å². The number of rotatable bonds is 0. The molecule has 2 aliphatic rings. The van der Waals surface area contributed by atoms with Gasteiger partial charge in [0.15, 0.2) is 0 Å². The number of hydrogen-bond acceptors (Lipinski definition) is 3. The fourth-order valence-corrected chi connectivity index (χ4v) is 1.31. The highest BCUT2D eigenvalue weighted by atomic mass is 16.5. The molecule has 2 heterocycles. The molecule has 3 heteroatoms. The molecule has 1 N–H and O–H groups in total. The Morgan fingerprint density at radius 1 is 1.40 bits per heavy atom.